The molecule has 2 aromatic carbocycles. The van der Waals surface area contributed by atoms with Gasteiger partial charge in [0.25, 0.3) is 0 Å². The van der Waals surface area contributed by atoms with Crippen molar-refractivity contribution in [2.75, 3.05) is 51.9 Å². The van der Waals surface area contributed by atoms with Crippen LogP contribution in [0, 0.1) is 0 Å². The number of fused-ring (bicyclic) bond motifs is 1. The molecular weight excluding hydrogens is 408 g/mol. The van der Waals surface area contributed by atoms with Crippen LogP contribution in [-0.2, 0) is 4.74 Å². The summed E-state index contributed by atoms with van der Waals surface area (Å²) in [5, 5.41) is 4.12. The number of benzene rings is 2. The highest BCUT2D eigenvalue weighted by Gasteiger charge is 2.13. The van der Waals surface area contributed by atoms with Gasteiger partial charge in [-0.25, -0.2) is 9.97 Å². The summed E-state index contributed by atoms with van der Waals surface area (Å²) in [5.74, 6) is 1.99. The van der Waals surface area contributed by atoms with E-state index in [0.29, 0.717) is 29.5 Å². The number of anilines is 2. The molecule has 1 saturated heterocycles. The topological polar surface area (TPSA) is 85.8 Å². The Bertz CT molecular complexity index is 1070. The van der Waals surface area contributed by atoms with Crippen molar-refractivity contribution < 1.29 is 19.0 Å². The molecule has 1 aromatic heterocycles. The second kappa shape index (κ2) is 10.4. The molecule has 4 rings (SSSR count). The lowest BCUT2D eigenvalue weighted by molar-refractivity contribution is 0.0357. The number of morpholine rings is 1. The molecule has 0 saturated carbocycles. The number of aromatic nitrogens is 2. The summed E-state index contributed by atoms with van der Waals surface area (Å²) >= 11 is 0. The summed E-state index contributed by atoms with van der Waals surface area (Å²) in [7, 11) is 1.62. The maximum Gasteiger partial charge on any atom is 0.163 e. The standard InChI is InChI=1S/C24H28N4O4/c1-17(29)18-4-6-19(7-5-18)27-24-20-14-22(30-2)23(15-21(20)25-16-26-24)32-11-3-8-28-9-12-31-13-10-28/h4-7,14-16H,3,8-13H2,1-2H3,(H,25,26,27). The van der Waals surface area contributed by atoms with E-state index in [0.717, 1.165) is 55.9 Å². The summed E-state index contributed by atoms with van der Waals surface area (Å²) in [6.07, 6.45) is 2.44. The van der Waals surface area contributed by atoms with Crippen LogP contribution < -0.4 is 14.8 Å². The third kappa shape index (κ3) is 5.33. The molecule has 0 radical (unpaired) electrons. The number of nitrogens with one attached hydrogen (secondary N) is 1. The minimum absolute atomic E-state index is 0.0336. The normalized spacial score (nSPS) is 14.3. The van der Waals surface area contributed by atoms with Gasteiger partial charge in [-0.1, -0.05) is 0 Å². The molecule has 1 aliphatic heterocycles. The van der Waals surface area contributed by atoms with E-state index in [9.17, 15) is 4.79 Å². The molecule has 0 amide bonds. The van der Waals surface area contributed by atoms with Gasteiger partial charge in [-0.3, -0.25) is 9.69 Å². The quantitative estimate of drug-likeness (QED) is 0.402. The first-order valence-corrected chi connectivity index (χ1v) is 10.8. The van der Waals surface area contributed by atoms with Gasteiger partial charge in [-0.05, 0) is 43.7 Å². The van der Waals surface area contributed by atoms with E-state index in [1.807, 2.05) is 24.3 Å². The number of Topliss-reactive ketones (excluding diaryl/α,β-unsaturated/α-hetero) is 1. The fraction of sp³-hybridized carbons (Fsp3) is 0.375. The van der Waals surface area contributed by atoms with Crippen LogP contribution in [0.3, 0.4) is 0 Å². The number of nitrogens with zero attached hydrogens (tertiary/aromatic N) is 3. The van der Waals surface area contributed by atoms with Crippen LogP contribution >= 0.6 is 0 Å². The van der Waals surface area contributed by atoms with Gasteiger partial charge in [0, 0.05) is 42.3 Å². The van der Waals surface area contributed by atoms with Crippen LogP contribution in [0.15, 0.2) is 42.7 Å². The molecule has 168 valence electrons. The van der Waals surface area contributed by atoms with Gasteiger partial charge in [0.2, 0.25) is 0 Å². The number of methoxy groups -OCH3 is 1. The van der Waals surface area contributed by atoms with E-state index in [1.54, 1.807) is 26.2 Å². The molecule has 32 heavy (non-hydrogen) atoms. The first-order chi connectivity index (χ1) is 15.6. The van der Waals surface area contributed by atoms with Crippen LogP contribution in [0.2, 0.25) is 0 Å². The number of carbonyl (C=O) groups excluding carboxylic acids is 1. The summed E-state index contributed by atoms with van der Waals surface area (Å²) in [6.45, 7) is 6.68. The Balaban J connectivity index is 1.47. The average Bonchev–Trinajstić information content (AvgIpc) is 2.82. The Hall–Kier alpha value is -3.23. The minimum Gasteiger partial charge on any atom is -0.493 e. The van der Waals surface area contributed by atoms with Crippen molar-refractivity contribution in [1.29, 1.82) is 0 Å². The number of ether oxygens (including phenoxy) is 3. The molecule has 8 heteroatoms. The monoisotopic (exact) mass is 436 g/mol. The van der Waals surface area contributed by atoms with E-state index in [-0.39, 0.29) is 5.78 Å². The number of rotatable bonds is 9. The number of hydrogen-bond acceptors (Lipinski definition) is 8. The minimum atomic E-state index is 0.0336. The second-order valence-electron chi connectivity index (χ2n) is 7.66. The van der Waals surface area contributed by atoms with E-state index in [2.05, 4.69) is 20.2 Å². The van der Waals surface area contributed by atoms with Crippen LogP contribution in [0.25, 0.3) is 10.9 Å². The molecule has 0 bridgehead atoms. The largest absolute Gasteiger partial charge is 0.493 e. The van der Waals surface area contributed by atoms with Crippen LogP contribution in [0.1, 0.15) is 23.7 Å². The highest BCUT2D eigenvalue weighted by molar-refractivity contribution is 5.95. The number of carbonyl (C=O) groups is 1. The summed E-state index contributed by atoms with van der Waals surface area (Å²) < 4.78 is 17.0. The fourth-order valence-corrected chi connectivity index (χ4v) is 3.66. The molecule has 1 fully saturated rings. The van der Waals surface area contributed by atoms with Crippen molar-refractivity contribution in [2.24, 2.45) is 0 Å². The lowest BCUT2D eigenvalue weighted by Crippen LogP contribution is -2.37. The fourth-order valence-electron chi connectivity index (χ4n) is 3.66. The van der Waals surface area contributed by atoms with Gasteiger partial charge in [0.15, 0.2) is 17.3 Å². The molecule has 0 spiro atoms. The maximum atomic E-state index is 11.5. The first-order valence-electron chi connectivity index (χ1n) is 10.8. The first kappa shape index (κ1) is 22.0. The second-order valence-corrected chi connectivity index (χ2v) is 7.66. The van der Waals surface area contributed by atoms with Gasteiger partial charge < -0.3 is 19.5 Å². The van der Waals surface area contributed by atoms with Crippen LogP contribution in [0.4, 0.5) is 11.5 Å². The van der Waals surface area contributed by atoms with E-state index in [4.69, 9.17) is 14.2 Å². The Kier molecular flexibility index (Phi) is 7.14. The molecule has 3 aromatic rings. The Morgan fingerprint density at radius 2 is 1.91 bits per heavy atom. The predicted octanol–water partition coefficient (Wildman–Crippen LogP) is 3.69. The van der Waals surface area contributed by atoms with Crippen molar-refractivity contribution >= 4 is 28.2 Å². The molecule has 0 unspecified atom stereocenters. The Morgan fingerprint density at radius 1 is 1.12 bits per heavy atom. The van der Waals surface area contributed by atoms with E-state index < -0.39 is 0 Å². The molecule has 0 aliphatic carbocycles. The van der Waals surface area contributed by atoms with Gasteiger partial charge in [0.05, 0.1) is 32.4 Å². The average molecular weight is 437 g/mol. The Morgan fingerprint density at radius 3 is 2.62 bits per heavy atom. The summed E-state index contributed by atoms with van der Waals surface area (Å²) in [4.78, 5) is 22.7. The van der Waals surface area contributed by atoms with Gasteiger partial charge in [-0.15, -0.1) is 0 Å². The molecule has 1 N–H and O–H groups in total. The van der Waals surface area contributed by atoms with Crippen molar-refractivity contribution in [2.45, 2.75) is 13.3 Å². The smallest absolute Gasteiger partial charge is 0.163 e. The third-order valence-corrected chi connectivity index (χ3v) is 5.45. The summed E-state index contributed by atoms with van der Waals surface area (Å²) in [5.41, 5.74) is 2.25. The molecule has 2 heterocycles. The Labute approximate surface area is 187 Å². The summed E-state index contributed by atoms with van der Waals surface area (Å²) in [6, 6.07) is 11.1. The van der Waals surface area contributed by atoms with Crippen molar-refractivity contribution in [1.82, 2.24) is 14.9 Å². The highest BCUT2D eigenvalue weighted by Crippen LogP contribution is 2.34. The lowest BCUT2D eigenvalue weighted by Gasteiger charge is -2.26. The van der Waals surface area contributed by atoms with Crippen LogP contribution in [-0.4, -0.2) is 67.2 Å². The van der Waals surface area contributed by atoms with Crippen molar-refractivity contribution in [3.63, 3.8) is 0 Å². The maximum absolute atomic E-state index is 11.5. The zero-order chi connectivity index (χ0) is 22.3. The highest BCUT2D eigenvalue weighted by atomic mass is 16.5. The molecule has 0 atom stereocenters. The molecule has 8 nitrogen and oxygen atoms in total. The number of ketones is 1. The molecular formula is C24H28N4O4. The van der Waals surface area contributed by atoms with E-state index >= 15 is 0 Å². The van der Waals surface area contributed by atoms with E-state index in [1.165, 1.54) is 6.33 Å². The van der Waals surface area contributed by atoms with Crippen LogP contribution in [0.5, 0.6) is 11.5 Å². The predicted molar refractivity (Wildman–Crippen MR) is 123 cm³/mol. The molecule has 1 aliphatic rings. The lowest BCUT2D eigenvalue weighted by atomic mass is 10.1. The van der Waals surface area contributed by atoms with Crippen molar-refractivity contribution in [3.8, 4) is 11.5 Å². The van der Waals surface area contributed by atoms with Crippen molar-refractivity contribution in [3.05, 3.63) is 48.3 Å². The van der Waals surface area contributed by atoms with Gasteiger partial charge in [-0.2, -0.15) is 0 Å². The van der Waals surface area contributed by atoms with Gasteiger partial charge in [0.1, 0.15) is 12.1 Å². The zero-order valence-electron chi connectivity index (χ0n) is 18.5. The SMILES string of the molecule is COc1cc2c(Nc3ccc(C(C)=O)cc3)ncnc2cc1OCCCN1CCOCC1. The number of hydrogen-bond donors (Lipinski definition) is 1. The zero-order valence-corrected chi connectivity index (χ0v) is 18.5. The third-order valence-electron chi connectivity index (χ3n) is 5.45. The van der Waals surface area contributed by atoms with Gasteiger partial charge >= 0.3 is 0 Å².